The zero-order chi connectivity index (χ0) is 12.4. The van der Waals surface area contributed by atoms with E-state index < -0.39 is 0 Å². The molecule has 5 heteroatoms. The van der Waals surface area contributed by atoms with Crippen molar-refractivity contribution in [3.8, 4) is 0 Å². The van der Waals surface area contributed by atoms with Crippen LogP contribution in [0.3, 0.4) is 0 Å². The summed E-state index contributed by atoms with van der Waals surface area (Å²) in [7, 11) is 0. The number of nitrogens with zero attached hydrogens (tertiary/aromatic N) is 1. The van der Waals surface area contributed by atoms with Crippen LogP contribution in [-0.2, 0) is 6.54 Å². The van der Waals surface area contributed by atoms with Crippen LogP contribution >= 0.6 is 15.9 Å². The van der Waals surface area contributed by atoms with Gasteiger partial charge in [0.25, 0.3) is 0 Å². The molecule has 0 atom stereocenters. The summed E-state index contributed by atoms with van der Waals surface area (Å²) >= 11 is 3.37. The van der Waals surface area contributed by atoms with Gasteiger partial charge in [-0.2, -0.15) is 0 Å². The van der Waals surface area contributed by atoms with Crippen molar-refractivity contribution >= 4 is 27.3 Å². The number of nitrogen functional groups attached to an aromatic ring is 1. The van der Waals surface area contributed by atoms with Gasteiger partial charge in [0.05, 0.1) is 23.6 Å². The first-order chi connectivity index (χ1) is 8.06. The Morgan fingerprint density at radius 1 is 1.41 bits per heavy atom. The largest absolute Gasteiger partial charge is 0.444 e. The van der Waals surface area contributed by atoms with Crippen molar-refractivity contribution in [1.29, 1.82) is 0 Å². The summed E-state index contributed by atoms with van der Waals surface area (Å²) in [4.78, 5) is 4.29. The van der Waals surface area contributed by atoms with Gasteiger partial charge in [-0.05, 0) is 32.0 Å². The van der Waals surface area contributed by atoms with Crippen molar-refractivity contribution in [3.05, 3.63) is 40.0 Å². The number of hydrogen-bond acceptors (Lipinski definition) is 4. The van der Waals surface area contributed by atoms with E-state index in [0.29, 0.717) is 18.1 Å². The number of nitrogens with one attached hydrogen (secondary N) is 1. The highest BCUT2D eigenvalue weighted by Crippen LogP contribution is 2.23. The van der Waals surface area contributed by atoms with Crippen LogP contribution < -0.4 is 11.1 Å². The maximum absolute atomic E-state index is 5.88. The SMILES string of the molecule is Cc1nc(CNc2ccc(Br)cc2N)oc1C. The predicted molar refractivity (Wildman–Crippen MR) is 71.9 cm³/mol. The Morgan fingerprint density at radius 2 is 2.18 bits per heavy atom. The van der Waals surface area contributed by atoms with E-state index in [1.807, 2.05) is 32.0 Å². The van der Waals surface area contributed by atoms with E-state index in [2.05, 4.69) is 26.2 Å². The molecule has 4 nitrogen and oxygen atoms in total. The molecule has 90 valence electrons. The highest BCUT2D eigenvalue weighted by atomic mass is 79.9. The second-order valence-corrected chi connectivity index (χ2v) is 4.75. The predicted octanol–water partition coefficient (Wildman–Crippen LogP) is 3.25. The van der Waals surface area contributed by atoms with Gasteiger partial charge in [0.2, 0.25) is 5.89 Å². The molecule has 3 N–H and O–H groups in total. The van der Waals surface area contributed by atoms with Gasteiger partial charge in [0, 0.05) is 4.47 Å². The quantitative estimate of drug-likeness (QED) is 0.853. The molecular formula is C12H14BrN3O. The van der Waals surface area contributed by atoms with Crippen molar-refractivity contribution in [2.45, 2.75) is 20.4 Å². The Balaban J connectivity index is 2.07. The molecule has 0 aliphatic rings. The van der Waals surface area contributed by atoms with Gasteiger partial charge in [0.15, 0.2) is 0 Å². The number of anilines is 2. The molecular weight excluding hydrogens is 282 g/mol. The first kappa shape index (κ1) is 12.0. The van der Waals surface area contributed by atoms with E-state index in [-0.39, 0.29) is 0 Å². The van der Waals surface area contributed by atoms with E-state index in [4.69, 9.17) is 10.2 Å². The minimum absolute atomic E-state index is 0.528. The molecule has 1 aromatic heterocycles. The van der Waals surface area contributed by atoms with Crippen molar-refractivity contribution < 1.29 is 4.42 Å². The minimum Gasteiger partial charge on any atom is -0.444 e. The standard InChI is InChI=1S/C12H14BrN3O/c1-7-8(2)17-12(16-7)6-15-11-4-3-9(13)5-10(11)14/h3-5,15H,6,14H2,1-2H3. The Hall–Kier alpha value is -1.49. The van der Waals surface area contributed by atoms with Crippen molar-refractivity contribution in [3.63, 3.8) is 0 Å². The summed E-state index contributed by atoms with van der Waals surface area (Å²) in [5, 5.41) is 3.19. The van der Waals surface area contributed by atoms with E-state index in [1.54, 1.807) is 0 Å². The second-order valence-electron chi connectivity index (χ2n) is 3.83. The molecule has 0 aliphatic carbocycles. The van der Waals surface area contributed by atoms with Crippen LogP contribution in [0, 0.1) is 13.8 Å². The minimum atomic E-state index is 0.528. The van der Waals surface area contributed by atoms with Crippen molar-refractivity contribution in [1.82, 2.24) is 4.98 Å². The Bertz CT molecular complexity index is 517. The van der Waals surface area contributed by atoms with Gasteiger partial charge in [-0.3, -0.25) is 0 Å². The van der Waals surface area contributed by atoms with Gasteiger partial charge in [-0.25, -0.2) is 4.98 Å². The number of aromatic nitrogens is 1. The molecule has 0 saturated carbocycles. The number of rotatable bonds is 3. The monoisotopic (exact) mass is 295 g/mol. The maximum Gasteiger partial charge on any atom is 0.213 e. The first-order valence-corrected chi connectivity index (χ1v) is 6.07. The topological polar surface area (TPSA) is 64.1 Å². The average molecular weight is 296 g/mol. The van der Waals surface area contributed by atoms with E-state index >= 15 is 0 Å². The highest BCUT2D eigenvalue weighted by Gasteiger charge is 2.06. The Morgan fingerprint density at radius 3 is 2.76 bits per heavy atom. The molecule has 0 aliphatic heterocycles. The summed E-state index contributed by atoms with van der Waals surface area (Å²) in [6.45, 7) is 4.36. The highest BCUT2D eigenvalue weighted by molar-refractivity contribution is 9.10. The summed E-state index contributed by atoms with van der Waals surface area (Å²) in [5.74, 6) is 1.52. The third-order valence-electron chi connectivity index (χ3n) is 2.52. The molecule has 2 aromatic rings. The fraction of sp³-hybridized carbons (Fsp3) is 0.250. The summed E-state index contributed by atoms with van der Waals surface area (Å²) in [5.41, 5.74) is 8.37. The molecule has 1 aromatic carbocycles. The van der Waals surface area contributed by atoms with E-state index in [1.165, 1.54) is 0 Å². The van der Waals surface area contributed by atoms with Crippen LogP contribution in [0.2, 0.25) is 0 Å². The number of halogens is 1. The lowest BCUT2D eigenvalue weighted by molar-refractivity contribution is 0.478. The van der Waals surface area contributed by atoms with Gasteiger partial charge in [-0.1, -0.05) is 15.9 Å². The normalized spacial score (nSPS) is 10.5. The zero-order valence-corrected chi connectivity index (χ0v) is 11.3. The van der Waals surface area contributed by atoms with Crippen LogP contribution in [-0.4, -0.2) is 4.98 Å². The number of aryl methyl sites for hydroxylation is 2. The Labute approximate surface area is 108 Å². The third-order valence-corrected chi connectivity index (χ3v) is 3.01. The second kappa shape index (κ2) is 4.79. The summed E-state index contributed by atoms with van der Waals surface area (Å²) < 4.78 is 6.44. The van der Waals surface area contributed by atoms with Gasteiger partial charge in [0.1, 0.15) is 5.76 Å². The van der Waals surface area contributed by atoms with Crippen LogP contribution in [0.25, 0.3) is 0 Å². The van der Waals surface area contributed by atoms with Crippen LogP contribution in [0.4, 0.5) is 11.4 Å². The molecule has 0 radical (unpaired) electrons. The fourth-order valence-corrected chi connectivity index (χ4v) is 1.86. The lowest BCUT2D eigenvalue weighted by atomic mass is 10.3. The molecule has 1 heterocycles. The number of nitrogens with two attached hydrogens (primary N) is 1. The fourth-order valence-electron chi connectivity index (χ4n) is 1.48. The molecule has 0 amide bonds. The average Bonchev–Trinajstić information content (AvgIpc) is 2.57. The van der Waals surface area contributed by atoms with E-state index in [9.17, 15) is 0 Å². The third kappa shape index (κ3) is 2.79. The molecule has 0 unspecified atom stereocenters. The van der Waals surface area contributed by atoms with Gasteiger partial charge >= 0.3 is 0 Å². The number of oxazole rings is 1. The van der Waals surface area contributed by atoms with Crippen LogP contribution in [0.15, 0.2) is 27.1 Å². The zero-order valence-electron chi connectivity index (χ0n) is 9.75. The van der Waals surface area contributed by atoms with Crippen molar-refractivity contribution in [2.75, 3.05) is 11.1 Å². The van der Waals surface area contributed by atoms with Crippen LogP contribution in [0.1, 0.15) is 17.3 Å². The van der Waals surface area contributed by atoms with E-state index in [0.717, 1.165) is 21.6 Å². The van der Waals surface area contributed by atoms with Gasteiger partial charge in [-0.15, -0.1) is 0 Å². The summed E-state index contributed by atoms with van der Waals surface area (Å²) in [6, 6.07) is 5.71. The molecule has 17 heavy (non-hydrogen) atoms. The molecule has 2 rings (SSSR count). The number of benzene rings is 1. The smallest absolute Gasteiger partial charge is 0.213 e. The lowest BCUT2D eigenvalue weighted by Crippen LogP contribution is -2.02. The first-order valence-electron chi connectivity index (χ1n) is 5.28. The molecule has 0 bridgehead atoms. The van der Waals surface area contributed by atoms with Crippen LogP contribution in [0.5, 0.6) is 0 Å². The van der Waals surface area contributed by atoms with Gasteiger partial charge < -0.3 is 15.5 Å². The molecule has 0 saturated heterocycles. The maximum atomic E-state index is 5.88. The Kier molecular flexibility index (Phi) is 3.38. The lowest BCUT2D eigenvalue weighted by Gasteiger charge is -2.07. The number of hydrogen-bond donors (Lipinski definition) is 2. The molecule has 0 fully saturated rings. The van der Waals surface area contributed by atoms with Crippen molar-refractivity contribution in [2.24, 2.45) is 0 Å². The summed E-state index contributed by atoms with van der Waals surface area (Å²) in [6.07, 6.45) is 0. The molecule has 0 spiro atoms.